The lowest BCUT2D eigenvalue weighted by atomic mass is 9.87. The SMILES string of the molecule is C[C@H]1CCc2sc3c(c2C1)C1NCNN1c1n[nH]c(=S)n1-3. The minimum atomic E-state index is 0.169. The molecule has 4 heterocycles. The van der Waals surface area contributed by atoms with E-state index in [1.54, 1.807) is 0 Å². The molecular weight excluding hydrogens is 304 g/mol. The fraction of sp³-hybridized carbons (Fsp3) is 0.538. The Kier molecular flexibility index (Phi) is 2.44. The number of nitrogens with zero attached hydrogens (tertiary/aromatic N) is 3. The fourth-order valence-electron chi connectivity index (χ4n) is 3.68. The van der Waals surface area contributed by atoms with Crippen LogP contribution in [-0.4, -0.2) is 21.4 Å². The van der Waals surface area contributed by atoms with Crippen molar-refractivity contribution in [1.29, 1.82) is 0 Å². The topological polar surface area (TPSA) is 60.9 Å². The Morgan fingerprint density at radius 1 is 1.43 bits per heavy atom. The highest BCUT2D eigenvalue weighted by atomic mass is 32.1. The number of H-pyrrole nitrogens is 1. The molecule has 2 atom stereocenters. The predicted octanol–water partition coefficient (Wildman–Crippen LogP) is 2.00. The van der Waals surface area contributed by atoms with Gasteiger partial charge in [0, 0.05) is 10.4 Å². The number of rotatable bonds is 0. The van der Waals surface area contributed by atoms with E-state index in [9.17, 15) is 0 Å². The molecule has 6 nitrogen and oxygen atoms in total. The number of anilines is 1. The minimum Gasteiger partial charge on any atom is -0.278 e. The summed E-state index contributed by atoms with van der Waals surface area (Å²) >= 11 is 7.34. The van der Waals surface area contributed by atoms with E-state index in [-0.39, 0.29) is 6.17 Å². The molecule has 0 amide bonds. The second-order valence-corrected chi connectivity index (χ2v) is 7.52. The molecule has 0 radical (unpaired) electrons. The Bertz CT molecular complexity index is 787. The summed E-state index contributed by atoms with van der Waals surface area (Å²) in [4.78, 5) is 1.53. The number of aromatic nitrogens is 3. The standard InChI is InChI=1S/C13H16N6S2/c1-6-2-3-8-7(4-6)9-10-14-5-15-19(10)12-16-17-13(20)18(12)11(9)21-8/h6,10,14-15H,2-5H2,1H3,(H,17,20)/t6-,10?/m0/s1. The zero-order chi connectivity index (χ0) is 14.1. The number of hydrogen-bond donors (Lipinski definition) is 3. The Balaban J connectivity index is 1.82. The van der Waals surface area contributed by atoms with Gasteiger partial charge >= 0.3 is 0 Å². The maximum absolute atomic E-state index is 5.45. The van der Waals surface area contributed by atoms with Crippen LogP contribution < -0.4 is 15.8 Å². The van der Waals surface area contributed by atoms with E-state index in [0.29, 0.717) is 4.77 Å². The van der Waals surface area contributed by atoms with Crippen LogP contribution in [0.3, 0.4) is 0 Å². The zero-order valence-electron chi connectivity index (χ0n) is 11.6. The average Bonchev–Trinajstić information content (AvgIpc) is 3.13. The summed E-state index contributed by atoms with van der Waals surface area (Å²) in [6.45, 7) is 3.10. The number of nitrogens with one attached hydrogen (secondary N) is 3. The number of thiophene rings is 1. The van der Waals surface area contributed by atoms with E-state index >= 15 is 0 Å². The summed E-state index contributed by atoms with van der Waals surface area (Å²) in [5.41, 5.74) is 6.29. The molecule has 1 aliphatic carbocycles. The van der Waals surface area contributed by atoms with Crippen LogP contribution >= 0.6 is 23.6 Å². The second-order valence-electron chi connectivity index (χ2n) is 6.05. The molecular formula is C13H16N6S2. The first kappa shape index (κ1) is 12.3. The molecule has 5 rings (SSSR count). The fourth-order valence-corrected chi connectivity index (χ4v) is 5.33. The Morgan fingerprint density at radius 2 is 2.33 bits per heavy atom. The average molecular weight is 320 g/mol. The van der Waals surface area contributed by atoms with Gasteiger partial charge in [-0.15, -0.1) is 16.4 Å². The molecule has 110 valence electrons. The van der Waals surface area contributed by atoms with Crippen molar-refractivity contribution in [2.24, 2.45) is 5.92 Å². The molecule has 0 bridgehead atoms. The van der Waals surface area contributed by atoms with E-state index in [1.165, 1.54) is 40.3 Å². The van der Waals surface area contributed by atoms with Crippen LogP contribution in [0.1, 0.15) is 35.5 Å². The monoisotopic (exact) mass is 320 g/mol. The molecule has 1 saturated heterocycles. The Morgan fingerprint density at radius 3 is 3.24 bits per heavy atom. The molecule has 1 fully saturated rings. The van der Waals surface area contributed by atoms with Crippen LogP contribution in [0.2, 0.25) is 0 Å². The number of hydrazine groups is 1. The Hall–Kier alpha value is -1.22. The minimum absolute atomic E-state index is 0.169. The van der Waals surface area contributed by atoms with Gasteiger partial charge < -0.3 is 0 Å². The molecule has 0 saturated carbocycles. The highest BCUT2D eigenvalue weighted by molar-refractivity contribution is 7.71. The molecule has 8 heteroatoms. The lowest BCUT2D eigenvalue weighted by Gasteiger charge is -2.31. The van der Waals surface area contributed by atoms with E-state index in [2.05, 4.69) is 37.4 Å². The van der Waals surface area contributed by atoms with Gasteiger partial charge in [-0.25, -0.2) is 15.1 Å². The molecule has 1 unspecified atom stereocenters. The largest absolute Gasteiger partial charge is 0.278 e. The number of aromatic amines is 1. The normalized spacial score (nSPS) is 26.2. The highest BCUT2D eigenvalue weighted by Gasteiger charge is 2.41. The van der Waals surface area contributed by atoms with Crippen LogP contribution in [0.25, 0.3) is 5.00 Å². The van der Waals surface area contributed by atoms with Crippen LogP contribution in [0, 0.1) is 10.7 Å². The van der Waals surface area contributed by atoms with Gasteiger partial charge in [-0.3, -0.25) is 10.3 Å². The van der Waals surface area contributed by atoms with Crippen molar-refractivity contribution in [3.05, 3.63) is 20.8 Å². The van der Waals surface area contributed by atoms with Gasteiger partial charge in [0.05, 0.1) is 6.67 Å². The van der Waals surface area contributed by atoms with Crippen molar-refractivity contribution in [2.75, 3.05) is 11.7 Å². The summed E-state index contributed by atoms with van der Waals surface area (Å²) in [6.07, 6.45) is 3.82. The molecule has 2 aromatic heterocycles. The van der Waals surface area contributed by atoms with Gasteiger partial charge in [-0.2, -0.15) is 0 Å². The van der Waals surface area contributed by atoms with Crippen molar-refractivity contribution < 1.29 is 0 Å². The van der Waals surface area contributed by atoms with E-state index in [0.717, 1.165) is 18.5 Å². The van der Waals surface area contributed by atoms with Crippen molar-refractivity contribution in [3.63, 3.8) is 0 Å². The molecule has 2 aromatic rings. The third-order valence-corrected chi connectivity index (χ3v) is 6.25. The van der Waals surface area contributed by atoms with Crippen LogP contribution in [-0.2, 0) is 12.8 Å². The zero-order valence-corrected chi connectivity index (χ0v) is 13.3. The quantitative estimate of drug-likeness (QED) is 0.648. The molecule has 21 heavy (non-hydrogen) atoms. The first-order valence-electron chi connectivity index (χ1n) is 7.32. The van der Waals surface area contributed by atoms with Crippen LogP contribution in [0.15, 0.2) is 0 Å². The first-order chi connectivity index (χ1) is 10.2. The van der Waals surface area contributed by atoms with Gasteiger partial charge in [-0.05, 0) is 43.0 Å². The van der Waals surface area contributed by atoms with E-state index < -0.39 is 0 Å². The van der Waals surface area contributed by atoms with E-state index in [4.69, 9.17) is 12.2 Å². The van der Waals surface area contributed by atoms with Crippen molar-refractivity contribution in [1.82, 2.24) is 25.5 Å². The van der Waals surface area contributed by atoms with Crippen molar-refractivity contribution in [2.45, 2.75) is 32.4 Å². The number of aryl methyl sites for hydroxylation is 1. The maximum Gasteiger partial charge on any atom is 0.247 e. The van der Waals surface area contributed by atoms with Crippen LogP contribution in [0.5, 0.6) is 0 Å². The van der Waals surface area contributed by atoms with Gasteiger partial charge in [0.25, 0.3) is 0 Å². The molecule has 0 aromatic carbocycles. The van der Waals surface area contributed by atoms with Crippen molar-refractivity contribution in [3.8, 4) is 5.00 Å². The maximum atomic E-state index is 5.45. The summed E-state index contributed by atoms with van der Waals surface area (Å²) in [5, 5.41) is 14.2. The Labute approximate surface area is 131 Å². The highest BCUT2D eigenvalue weighted by Crippen LogP contribution is 2.46. The molecule has 3 N–H and O–H groups in total. The molecule has 2 aliphatic heterocycles. The van der Waals surface area contributed by atoms with Gasteiger partial charge in [0.1, 0.15) is 11.2 Å². The summed E-state index contributed by atoms with van der Waals surface area (Å²) in [7, 11) is 0. The smallest absolute Gasteiger partial charge is 0.247 e. The predicted molar refractivity (Wildman–Crippen MR) is 84.2 cm³/mol. The number of hydrogen-bond acceptors (Lipinski definition) is 6. The first-order valence-corrected chi connectivity index (χ1v) is 8.55. The summed E-state index contributed by atoms with van der Waals surface area (Å²) < 4.78 is 2.75. The number of fused-ring (bicyclic) bond motifs is 8. The third kappa shape index (κ3) is 1.53. The third-order valence-electron chi connectivity index (χ3n) is 4.68. The van der Waals surface area contributed by atoms with Crippen molar-refractivity contribution >= 4 is 29.5 Å². The van der Waals surface area contributed by atoms with Gasteiger partial charge in [0.2, 0.25) is 10.7 Å². The molecule has 0 spiro atoms. The summed E-state index contributed by atoms with van der Waals surface area (Å²) in [6, 6.07) is 0. The van der Waals surface area contributed by atoms with Crippen LogP contribution in [0.4, 0.5) is 5.95 Å². The summed E-state index contributed by atoms with van der Waals surface area (Å²) in [5.74, 6) is 1.62. The van der Waals surface area contributed by atoms with Gasteiger partial charge in [0.15, 0.2) is 0 Å². The van der Waals surface area contributed by atoms with E-state index in [1.807, 2.05) is 11.3 Å². The second kappa shape index (κ2) is 4.16. The lowest BCUT2D eigenvalue weighted by molar-refractivity contribution is 0.495. The lowest BCUT2D eigenvalue weighted by Crippen LogP contribution is -2.39. The van der Waals surface area contributed by atoms with Gasteiger partial charge in [-0.1, -0.05) is 6.92 Å². The molecule has 3 aliphatic rings.